The molecule has 1 aromatic rings. The summed E-state index contributed by atoms with van der Waals surface area (Å²) in [6.45, 7) is 9.72. The molecule has 2 heteroatoms. The topological polar surface area (TPSA) is 29.4 Å². The minimum absolute atomic E-state index is 0.0173. The monoisotopic (exact) mass is 217 g/mol. The molecule has 0 radical (unpaired) electrons. The zero-order chi connectivity index (χ0) is 12.3. The maximum Gasteiger partial charge on any atom is 0.173 e. The van der Waals surface area contributed by atoms with Crippen molar-refractivity contribution < 1.29 is 4.79 Å². The van der Waals surface area contributed by atoms with Crippen molar-refractivity contribution in [2.45, 2.75) is 40.0 Å². The molecule has 1 rings (SSSR count). The molecule has 2 nitrogen and oxygen atoms in total. The molecule has 0 aliphatic carbocycles. The molecule has 1 aromatic carbocycles. The maximum atomic E-state index is 11.2. The zero-order valence-corrected chi connectivity index (χ0v) is 10.7. The van der Waals surface area contributed by atoms with E-state index in [1.807, 2.05) is 18.2 Å². The lowest BCUT2D eigenvalue weighted by Crippen LogP contribution is -2.12. The number of Topliss-reactive ketones (excluding diaryl/α,β-unsaturated/α-hetero) is 1. The third-order valence-electron chi connectivity index (χ3n) is 2.51. The first kappa shape index (κ1) is 12.6. The van der Waals surface area contributed by atoms with Crippen LogP contribution < -0.4 is 0 Å². The van der Waals surface area contributed by atoms with E-state index in [0.717, 1.165) is 11.3 Å². The Labute approximate surface area is 97.4 Å². The molecular formula is C14H19NO. The van der Waals surface area contributed by atoms with Gasteiger partial charge in [0, 0.05) is 6.92 Å². The van der Waals surface area contributed by atoms with Gasteiger partial charge in [-0.2, -0.15) is 0 Å². The van der Waals surface area contributed by atoms with Crippen molar-refractivity contribution >= 4 is 17.2 Å². The van der Waals surface area contributed by atoms with Gasteiger partial charge in [0.05, 0.1) is 11.4 Å². The second-order valence-corrected chi connectivity index (χ2v) is 5.02. The molecule has 0 aliphatic rings. The van der Waals surface area contributed by atoms with Crippen LogP contribution in [0.4, 0.5) is 5.69 Å². The highest BCUT2D eigenvalue weighted by Gasteiger charge is 2.17. The molecule has 0 N–H and O–H groups in total. The summed E-state index contributed by atoms with van der Waals surface area (Å²) in [4.78, 5) is 15.6. The Bertz CT molecular complexity index is 425. The van der Waals surface area contributed by atoms with Crippen LogP contribution in [0.15, 0.2) is 29.3 Å². The summed E-state index contributed by atoms with van der Waals surface area (Å²) in [5, 5.41) is 0. The Balaban J connectivity index is 3.25. The highest BCUT2D eigenvalue weighted by atomic mass is 16.1. The number of hydrogen-bond donors (Lipinski definition) is 0. The summed E-state index contributed by atoms with van der Waals surface area (Å²) < 4.78 is 0. The van der Waals surface area contributed by atoms with Crippen LogP contribution in [0.2, 0.25) is 0 Å². The standard InChI is InChI=1S/C14H19NO/c1-10(11(2)16)15-13-9-7-6-8-12(13)14(3,4)5/h6-9H,1-5H3/b15-10+. The van der Waals surface area contributed by atoms with Gasteiger partial charge in [0.25, 0.3) is 0 Å². The Hall–Kier alpha value is -1.44. The third-order valence-corrected chi connectivity index (χ3v) is 2.51. The summed E-state index contributed by atoms with van der Waals surface area (Å²) in [7, 11) is 0. The molecule has 0 amide bonds. The van der Waals surface area contributed by atoms with Crippen LogP contribution in [0, 0.1) is 0 Å². The van der Waals surface area contributed by atoms with E-state index in [2.05, 4.69) is 31.8 Å². The van der Waals surface area contributed by atoms with Gasteiger partial charge in [0.1, 0.15) is 0 Å². The van der Waals surface area contributed by atoms with E-state index < -0.39 is 0 Å². The lowest BCUT2D eigenvalue weighted by atomic mass is 9.86. The van der Waals surface area contributed by atoms with Crippen LogP contribution >= 0.6 is 0 Å². The molecule has 0 fully saturated rings. The highest BCUT2D eigenvalue weighted by molar-refractivity contribution is 6.38. The van der Waals surface area contributed by atoms with E-state index in [1.165, 1.54) is 0 Å². The van der Waals surface area contributed by atoms with Gasteiger partial charge >= 0.3 is 0 Å². The number of benzene rings is 1. The summed E-state index contributed by atoms with van der Waals surface area (Å²) in [5.41, 5.74) is 2.65. The largest absolute Gasteiger partial charge is 0.293 e. The first-order valence-electron chi connectivity index (χ1n) is 5.48. The average Bonchev–Trinajstić information content (AvgIpc) is 2.16. The first-order chi connectivity index (χ1) is 7.32. The van der Waals surface area contributed by atoms with E-state index >= 15 is 0 Å². The third kappa shape index (κ3) is 3.02. The zero-order valence-electron chi connectivity index (χ0n) is 10.7. The molecule has 0 bridgehead atoms. The fraction of sp³-hybridized carbons (Fsp3) is 0.429. The normalized spacial score (nSPS) is 12.7. The Kier molecular flexibility index (Phi) is 3.63. The number of nitrogens with zero attached hydrogens (tertiary/aromatic N) is 1. The van der Waals surface area contributed by atoms with Crippen molar-refractivity contribution in [3.8, 4) is 0 Å². The van der Waals surface area contributed by atoms with Gasteiger partial charge < -0.3 is 0 Å². The van der Waals surface area contributed by atoms with Crippen LogP contribution in [0.1, 0.15) is 40.2 Å². The number of ketones is 1. The number of carbonyl (C=O) groups is 1. The van der Waals surface area contributed by atoms with Crippen LogP contribution in [0.25, 0.3) is 0 Å². The summed E-state index contributed by atoms with van der Waals surface area (Å²) >= 11 is 0. The van der Waals surface area contributed by atoms with Crippen LogP contribution in [-0.4, -0.2) is 11.5 Å². The van der Waals surface area contributed by atoms with Crippen molar-refractivity contribution in [3.05, 3.63) is 29.8 Å². The predicted molar refractivity (Wildman–Crippen MR) is 68.6 cm³/mol. The number of hydrogen-bond acceptors (Lipinski definition) is 2. The van der Waals surface area contributed by atoms with Gasteiger partial charge in [-0.05, 0) is 24.0 Å². The smallest absolute Gasteiger partial charge is 0.173 e. The van der Waals surface area contributed by atoms with Crippen LogP contribution in [0.3, 0.4) is 0 Å². The van der Waals surface area contributed by atoms with Gasteiger partial charge in [0.2, 0.25) is 0 Å². The Morgan fingerprint density at radius 2 is 1.69 bits per heavy atom. The van der Waals surface area contributed by atoms with Crippen molar-refractivity contribution in [2.75, 3.05) is 0 Å². The Morgan fingerprint density at radius 3 is 2.19 bits per heavy atom. The quantitative estimate of drug-likeness (QED) is 0.695. The minimum Gasteiger partial charge on any atom is -0.293 e. The van der Waals surface area contributed by atoms with Crippen molar-refractivity contribution in [1.29, 1.82) is 0 Å². The molecule has 0 heterocycles. The van der Waals surface area contributed by atoms with Gasteiger partial charge in [-0.25, -0.2) is 4.99 Å². The molecule has 0 spiro atoms. The van der Waals surface area contributed by atoms with Gasteiger partial charge in [-0.15, -0.1) is 0 Å². The lowest BCUT2D eigenvalue weighted by molar-refractivity contribution is -0.111. The minimum atomic E-state index is 0.0173. The van der Waals surface area contributed by atoms with Gasteiger partial charge in [0.15, 0.2) is 5.78 Å². The average molecular weight is 217 g/mol. The van der Waals surface area contributed by atoms with Crippen molar-refractivity contribution in [1.82, 2.24) is 0 Å². The molecule has 0 unspecified atom stereocenters. The highest BCUT2D eigenvalue weighted by Crippen LogP contribution is 2.31. The molecule has 0 saturated carbocycles. The van der Waals surface area contributed by atoms with Gasteiger partial charge in [-0.3, -0.25) is 4.79 Å². The number of para-hydroxylation sites is 1. The van der Waals surface area contributed by atoms with E-state index in [-0.39, 0.29) is 11.2 Å². The molecule has 0 saturated heterocycles. The Morgan fingerprint density at radius 1 is 1.12 bits per heavy atom. The maximum absolute atomic E-state index is 11.2. The molecule has 0 aliphatic heterocycles. The fourth-order valence-electron chi connectivity index (χ4n) is 1.46. The second-order valence-electron chi connectivity index (χ2n) is 5.02. The fourth-order valence-corrected chi connectivity index (χ4v) is 1.46. The molecule has 0 aromatic heterocycles. The summed E-state index contributed by atoms with van der Waals surface area (Å²) in [6, 6.07) is 7.96. The molecule has 0 atom stereocenters. The lowest BCUT2D eigenvalue weighted by Gasteiger charge is -2.21. The van der Waals surface area contributed by atoms with Crippen LogP contribution in [-0.2, 0) is 10.2 Å². The van der Waals surface area contributed by atoms with E-state index in [9.17, 15) is 4.79 Å². The molecule has 16 heavy (non-hydrogen) atoms. The molecule has 86 valence electrons. The van der Waals surface area contributed by atoms with Crippen molar-refractivity contribution in [3.63, 3.8) is 0 Å². The van der Waals surface area contributed by atoms with Crippen molar-refractivity contribution in [2.24, 2.45) is 4.99 Å². The summed E-state index contributed by atoms with van der Waals surface area (Å²) in [6.07, 6.45) is 0. The van der Waals surface area contributed by atoms with E-state index in [0.29, 0.717) is 5.71 Å². The number of rotatable bonds is 2. The molecular weight excluding hydrogens is 198 g/mol. The predicted octanol–water partition coefficient (Wildman–Crippen LogP) is 3.67. The SMILES string of the molecule is CC(=O)/C(C)=N/c1ccccc1C(C)(C)C. The number of aliphatic imine (C=N–C) groups is 1. The summed E-state index contributed by atoms with van der Waals surface area (Å²) in [5.74, 6) is 0.0173. The van der Waals surface area contributed by atoms with Crippen LogP contribution in [0.5, 0.6) is 0 Å². The van der Waals surface area contributed by atoms with E-state index in [1.54, 1.807) is 13.8 Å². The van der Waals surface area contributed by atoms with E-state index in [4.69, 9.17) is 0 Å². The first-order valence-corrected chi connectivity index (χ1v) is 5.48. The second kappa shape index (κ2) is 4.60. The number of carbonyl (C=O) groups excluding carboxylic acids is 1. The van der Waals surface area contributed by atoms with Gasteiger partial charge in [-0.1, -0.05) is 39.0 Å².